The molecule has 0 amide bonds. The first-order valence-corrected chi connectivity index (χ1v) is 6.35. The number of anilines is 1. The second kappa shape index (κ2) is 7.59. The van der Waals surface area contributed by atoms with Crippen LogP contribution in [0.3, 0.4) is 0 Å². The number of carboxylic acids is 1. The van der Waals surface area contributed by atoms with Crippen molar-refractivity contribution in [2.75, 3.05) is 31.7 Å². The number of benzene rings is 1. The molecule has 0 fully saturated rings. The minimum atomic E-state index is -0.935. The molecular formula is C15H21NO3. The largest absolute Gasteiger partial charge is 0.478 e. The van der Waals surface area contributed by atoms with Gasteiger partial charge in [0.05, 0.1) is 6.61 Å². The highest BCUT2D eigenvalue weighted by Gasteiger charge is 2.04. The SMILES string of the molecule is CCOCCN(C)c1ccc(/C=C/C(=O)O)cc1C. The van der Waals surface area contributed by atoms with E-state index >= 15 is 0 Å². The molecule has 0 saturated carbocycles. The van der Waals surface area contributed by atoms with Gasteiger partial charge in [-0.2, -0.15) is 0 Å². The van der Waals surface area contributed by atoms with Crippen LogP contribution in [0.15, 0.2) is 24.3 Å². The van der Waals surface area contributed by atoms with E-state index in [9.17, 15) is 4.79 Å². The number of carbonyl (C=O) groups is 1. The zero-order valence-electron chi connectivity index (χ0n) is 11.7. The van der Waals surface area contributed by atoms with Crippen LogP contribution in [-0.2, 0) is 9.53 Å². The Morgan fingerprint density at radius 1 is 1.47 bits per heavy atom. The van der Waals surface area contributed by atoms with E-state index in [-0.39, 0.29) is 0 Å². The summed E-state index contributed by atoms with van der Waals surface area (Å²) in [6.45, 7) is 6.26. The summed E-state index contributed by atoms with van der Waals surface area (Å²) in [4.78, 5) is 12.6. The fourth-order valence-corrected chi connectivity index (χ4v) is 1.84. The highest BCUT2D eigenvalue weighted by molar-refractivity contribution is 5.85. The monoisotopic (exact) mass is 263 g/mol. The van der Waals surface area contributed by atoms with E-state index < -0.39 is 5.97 Å². The molecule has 0 unspecified atom stereocenters. The lowest BCUT2D eigenvalue weighted by atomic mass is 10.1. The van der Waals surface area contributed by atoms with Gasteiger partial charge in [0, 0.05) is 32.0 Å². The third-order valence-corrected chi connectivity index (χ3v) is 2.83. The predicted octanol–water partition coefficient (Wildman–Crippen LogP) is 2.57. The normalized spacial score (nSPS) is 10.9. The molecule has 0 heterocycles. The van der Waals surface area contributed by atoms with Gasteiger partial charge >= 0.3 is 5.97 Å². The molecule has 0 saturated heterocycles. The van der Waals surface area contributed by atoms with Gasteiger partial charge in [-0.25, -0.2) is 4.79 Å². The summed E-state index contributed by atoms with van der Waals surface area (Å²) in [6.07, 6.45) is 2.74. The Labute approximate surface area is 114 Å². The van der Waals surface area contributed by atoms with Crippen molar-refractivity contribution in [1.82, 2.24) is 0 Å². The fraction of sp³-hybridized carbons (Fsp3) is 0.400. The van der Waals surface area contributed by atoms with Gasteiger partial charge in [-0.05, 0) is 43.2 Å². The van der Waals surface area contributed by atoms with E-state index in [2.05, 4.69) is 4.90 Å². The molecule has 104 valence electrons. The number of carboxylic acid groups (broad SMARTS) is 1. The van der Waals surface area contributed by atoms with Gasteiger partial charge in [0.2, 0.25) is 0 Å². The van der Waals surface area contributed by atoms with Gasteiger partial charge < -0.3 is 14.7 Å². The van der Waals surface area contributed by atoms with Gasteiger partial charge in [0.25, 0.3) is 0 Å². The number of hydrogen-bond donors (Lipinski definition) is 1. The molecule has 1 N–H and O–H groups in total. The summed E-state index contributed by atoms with van der Waals surface area (Å²) in [5, 5.41) is 8.60. The Bertz CT molecular complexity index is 455. The second-order valence-corrected chi connectivity index (χ2v) is 4.34. The van der Waals surface area contributed by atoms with E-state index in [1.54, 1.807) is 6.08 Å². The molecule has 19 heavy (non-hydrogen) atoms. The standard InChI is InChI=1S/C15H21NO3/c1-4-19-10-9-16(3)14-7-5-13(11-12(14)2)6-8-15(17)18/h5-8,11H,4,9-10H2,1-3H3,(H,17,18)/b8-6+. The molecule has 1 aromatic rings. The average Bonchev–Trinajstić information content (AvgIpc) is 2.36. The van der Waals surface area contributed by atoms with Crippen molar-refractivity contribution in [3.8, 4) is 0 Å². The van der Waals surface area contributed by atoms with Crippen molar-refractivity contribution in [1.29, 1.82) is 0 Å². The summed E-state index contributed by atoms with van der Waals surface area (Å²) in [5.41, 5.74) is 3.14. The third kappa shape index (κ3) is 5.14. The molecule has 1 rings (SSSR count). The van der Waals surface area contributed by atoms with Crippen molar-refractivity contribution in [2.45, 2.75) is 13.8 Å². The number of rotatable bonds is 7. The topological polar surface area (TPSA) is 49.8 Å². The molecule has 0 spiro atoms. The summed E-state index contributed by atoms with van der Waals surface area (Å²) in [7, 11) is 2.02. The molecule has 4 heteroatoms. The first kappa shape index (κ1) is 15.2. The van der Waals surface area contributed by atoms with E-state index in [0.717, 1.165) is 36.0 Å². The smallest absolute Gasteiger partial charge is 0.328 e. The van der Waals surface area contributed by atoms with Crippen molar-refractivity contribution in [3.63, 3.8) is 0 Å². The predicted molar refractivity (Wildman–Crippen MR) is 77.6 cm³/mol. The maximum atomic E-state index is 10.5. The van der Waals surface area contributed by atoms with E-state index in [1.165, 1.54) is 0 Å². The van der Waals surface area contributed by atoms with Gasteiger partial charge in [-0.15, -0.1) is 0 Å². The van der Waals surface area contributed by atoms with Gasteiger partial charge in [0.1, 0.15) is 0 Å². The zero-order chi connectivity index (χ0) is 14.3. The van der Waals surface area contributed by atoms with Crippen molar-refractivity contribution < 1.29 is 14.6 Å². The number of hydrogen-bond acceptors (Lipinski definition) is 3. The first-order chi connectivity index (χ1) is 9.04. The Morgan fingerprint density at radius 2 is 2.21 bits per heavy atom. The van der Waals surface area contributed by atoms with Crippen LogP contribution in [0, 0.1) is 6.92 Å². The lowest BCUT2D eigenvalue weighted by Gasteiger charge is -2.21. The van der Waals surface area contributed by atoms with E-state index in [0.29, 0.717) is 6.61 Å². The fourth-order valence-electron chi connectivity index (χ4n) is 1.84. The molecule has 0 atom stereocenters. The van der Waals surface area contributed by atoms with Crippen LogP contribution in [0.1, 0.15) is 18.1 Å². The van der Waals surface area contributed by atoms with Crippen LogP contribution >= 0.6 is 0 Å². The van der Waals surface area contributed by atoms with Crippen molar-refractivity contribution in [3.05, 3.63) is 35.4 Å². The molecule has 0 aromatic heterocycles. The highest BCUT2D eigenvalue weighted by atomic mass is 16.5. The minimum absolute atomic E-state index is 0.701. The minimum Gasteiger partial charge on any atom is -0.478 e. The number of ether oxygens (including phenoxy) is 1. The molecule has 0 aliphatic carbocycles. The number of aryl methyl sites for hydroxylation is 1. The van der Waals surface area contributed by atoms with E-state index in [4.69, 9.17) is 9.84 Å². The number of nitrogens with zero attached hydrogens (tertiary/aromatic N) is 1. The molecule has 0 aliphatic heterocycles. The molecular weight excluding hydrogens is 242 g/mol. The summed E-state index contributed by atoms with van der Waals surface area (Å²) >= 11 is 0. The van der Waals surface area contributed by atoms with Crippen LogP contribution in [0.2, 0.25) is 0 Å². The Kier molecular flexibility index (Phi) is 6.09. The molecule has 1 aromatic carbocycles. The van der Waals surface area contributed by atoms with E-state index in [1.807, 2.05) is 39.1 Å². The van der Waals surface area contributed by atoms with Crippen LogP contribution in [-0.4, -0.2) is 37.9 Å². The quantitative estimate of drug-likeness (QED) is 0.607. The summed E-state index contributed by atoms with van der Waals surface area (Å²) in [5.74, 6) is -0.935. The molecule has 0 bridgehead atoms. The van der Waals surface area contributed by atoms with Crippen LogP contribution in [0.4, 0.5) is 5.69 Å². The molecule has 0 aliphatic rings. The molecule has 0 radical (unpaired) electrons. The summed E-state index contributed by atoms with van der Waals surface area (Å²) in [6, 6.07) is 5.90. The van der Waals surface area contributed by atoms with Crippen LogP contribution in [0.5, 0.6) is 0 Å². The number of aliphatic carboxylic acids is 1. The van der Waals surface area contributed by atoms with Crippen molar-refractivity contribution >= 4 is 17.7 Å². The lowest BCUT2D eigenvalue weighted by molar-refractivity contribution is -0.131. The molecule has 4 nitrogen and oxygen atoms in total. The highest BCUT2D eigenvalue weighted by Crippen LogP contribution is 2.20. The average molecular weight is 263 g/mol. The van der Waals surface area contributed by atoms with Gasteiger partial charge in [-0.3, -0.25) is 0 Å². The van der Waals surface area contributed by atoms with Gasteiger partial charge in [0.15, 0.2) is 0 Å². The third-order valence-electron chi connectivity index (χ3n) is 2.83. The Morgan fingerprint density at radius 3 is 2.79 bits per heavy atom. The number of likely N-dealkylation sites (N-methyl/N-ethyl adjacent to an activating group) is 1. The Balaban J connectivity index is 2.73. The Hall–Kier alpha value is -1.81. The second-order valence-electron chi connectivity index (χ2n) is 4.34. The van der Waals surface area contributed by atoms with Gasteiger partial charge in [-0.1, -0.05) is 6.07 Å². The summed E-state index contributed by atoms with van der Waals surface area (Å²) < 4.78 is 5.34. The lowest BCUT2D eigenvalue weighted by Crippen LogP contribution is -2.23. The maximum absolute atomic E-state index is 10.5. The van der Waals surface area contributed by atoms with Crippen molar-refractivity contribution in [2.24, 2.45) is 0 Å². The maximum Gasteiger partial charge on any atom is 0.328 e. The van der Waals surface area contributed by atoms with Crippen LogP contribution in [0.25, 0.3) is 6.08 Å². The first-order valence-electron chi connectivity index (χ1n) is 6.35. The zero-order valence-corrected chi connectivity index (χ0v) is 11.7. The van der Waals surface area contributed by atoms with Crippen LogP contribution < -0.4 is 4.90 Å².